The van der Waals surface area contributed by atoms with Crippen LogP contribution in [0.1, 0.15) is 25.0 Å². The molecule has 114 valence electrons. The molecule has 1 aromatic heterocycles. The number of aryl methyl sites for hydroxylation is 1. The normalized spacial score (nSPS) is 12.6. The Bertz CT molecular complexity index is 583. The second-order valence-corrected chi connectivity index (χ2v) is 5.51. The highest BCUT2D eigenvalue weighted by Gasteiger charge is 2.13. The van der Waals surface area contributed by atoms with Crippen LogP contribution in [0.4, 0.5) is 4.39 Å². The summed E-state index contributed by atoms with van der Waals surface area (Å²) < 4.78 is 15.0. The second-order valence-electron chi connectivity index (χ2n) is 5.10. The van der Waals surface area contributed by atoms with Gasteiger partial charge >= 0.3 is 0 Å². The first kappa shape index (κ1) is 16.0. The van der Waals surface area contributed by atoms with Crippen molar-refractivity contribution in [1.29, 1.82) is 0 Å². The number of nitrogens with zero attached hydrogens (tertiary/aromatic N) is 2. The Morgan fingerprint density at radius 1 is 1.33 bits per heavy atom. The number of hydrogen-bond donors (Lipinski definition) is 1. The summed E-state index contributed by atoms with van der Waals surface area (Å²) in [6.07, 6.45) is 5.61. The zero-order valence-corrected chi connectivity index (χ0v) is 13.2. The summed E-state index contributed by atoms with van der Waals surface area (Å²) in [4.78, 5) is 0. The molecule has 5 heteroatoms. The average molecular weight is 310 g/mol. The maximum Gasteiger partial charge on any atom is 0.124 e. The Kier molecular flexibility index (Phi) is 5.76. The molecule has 2 rings (SSSR count). The fourth-order valence-electron chi connectivity index (χ4n) is 2.43. The van der Waals surface area contributed by atoms with Crippen LogP contribution in [0.3, 0.4) is 0 Å². The summed E-state index contributed by atoms with van der Waals surface area (Å²) in [7, 11) is 0. The first-order valence-corrected chi connectivity index (χ1v) is 7.68. The number of hydrogen-bond acceptors (Lipinski definition) is 2. The maximum absolute atomic E-state index is 13.1. The van der Waals surface area contributed by atoms with E-state index >= 15 is 0 Å². The molecule has 0 aliphatic rings. The zero-order chi connectivity index (χ0) is 15.2. The number of benzene rings is 1. The van der Waals surface area contributed by atoms with Crippen molar-refractivity contribution in [1.82, 2.24) is 15.1 Å². The molecule has 1 aromatic carbocycles. The Morgan fingerprint density at radius 3 is 2.76 bits per heavy atom. The molecule has 0 saturated carbocycles. The molecule has 0 aliphatic carbocycles. The van der Waals surface area contributed by atoms with Gasteiger partial charge in [0.15, 0.2) is 0 Å². The monoisotopic (exact) mass is 309 g/mol. The van der Waals surface area contributed by atoms with Crippen LogP contribution in [-0.4, -0.2) is 22.4 Å². The number of aromatic nitrogens is 2. The molecule has 1 unspecified atom stereocenters. The molecule has 0 spiro atoms. The van der Waals surface area contributed by atoms with Crippen LogP contribution < -0.4 is 5.32 Å². The van der Waals surface area contributed by atoms with Crippen molar-refractivity contribution in [2.45, 2.75) is 39.3 Å². The molecule has 0 radical (unpaired) electrons. The fraction of sp³-hybridized carbons (Fsp3) is 0.438. The maximum atomic E-state index is 13.1. The van der Waals surface area contributed by atoms with Crippen LogP contribution >= 0.6 is 11.6 Å². The molecular weight excluding hydrogens is 289 g/mol. The summed E-state index contributed by atoms with van der Waals surface area (Å²) in [5.41, 5.74) is 2.16. The van der Waals surface area contributed by atoms with Gasteiger partial charge in [0.1, 0.15) is 5.82 Å². The molecule has 3 nitrogen and oxygen atoms in total. The quantitative estimate of drug-likeness (QED) is 0.849. The molecule has 0 saturated heterocycles. The van der Waals surface area contributed by atoms with E-state index in [1.54, 1.807) is 6.07 Å². The van der Waals surface area contributed by atoms with E-state index in [0.29, 0.717) is 5.02 Å². The highest BCUT2D eigenvalue weighted by atomic mass is 35.5. The Labute approximate surface area is 130 Å². The van der Waals surface area contributed by atoms with Crippen molar-refractivity contribution < 1.29 is 4.39 Å². The van der Waals surface area contributed by atoms with E-state index in [0.717, 1.165) is 31.5 Å². The number of nitrogens with one attached hydrogen (secondary N) is 1. The van der Waals surface area contributed by atoms with Crippen LogP contribution in [0.15, 0.2) is 30.6 Å². The van der Waals surface area contributed by atoms with E-state index in [-0.39, 0.29) is 11.9 Å². The van der Waals surface area contributed by atoms with Gasteiger partial charge in [0.05, 0.1) is 6.20 Å². The first-order valence-electron chi connectivity index (χ1n) is 7.31. The van der Waals surface area contributed by atoms with Gasteiger partial charge in [-0.15, -0.1) is 0 Å². The lowest BCUT2D eigenvalue weighted by atomic mass is 10.0. The molecule has 0 bridgehead atoms. The van der Waals surface area contributed by atoms with Gasteiger partial charge in [0.25, 0.3) is 0 Å². The number of rotatable bonds is 7. The predicted molar refractivity (Wildman–Crippen MR) is 84.2 cm³/mol. The van der Waals surface area contributed by atoms with Crippen molar-refractivity contribution in [2.75, 3.05) is 6.54 Å². The third-order valence-corrected chi connectivity index (χ3v) is 3.82. The summed E-state index contributed by atoms with van der Waals surface area (Å²) >= 11 is 6.12. The molecule has 1 heterocycles. The first-order chi connectivity index (χ1) is 10.1. The van der Waals surface area contributed by atoms with E-state index in [1.807, 2.05) is 10.9 Å². The average Bonchev–Trinajstić information content (AvgIpc) is 2.90. The lowest BCUT2D eigenvalue weighted by Crippen LogP contribution is -2.33. The van der Waals surface area contributed by atoms with Gasteiger partial charge in [-0.25, -0.2) is 4.39 Å². The Balaban J connectivity index is 2.07. The van der Waals surface area contributed by atoms with E-state index < -0.39 is 0 Å². The van der Waals surface area contributed by atoms with Gasteiger partial charge in [-0.3, -0.25) is 4.68 Å². The molecular formula is C16H21ClFN3. The van der Waals surface area contributed by atoms with Gasteiger partial charge in [-0.1, -0.05) is 24.6 Å². The van der Waals surface area contributed by atoms with Crippen molar-refractivity contribution >= 4 is 11.6 Å². The molecule has 1 N–H and O–H groups in total. The minimum atomic E-state index is -0.298. The smallest absolute Gasteiger partial charge is 0.124 e. The molecule has 0 fully saturated rings. The van der Waals surface area contributed by atoms with Crippen LogP contribution in [0.25, 0.3) is 0 Å². The standard InChI is InChI=1S/C16H21ClFN3/c1-3-19-15(7-12-10-20-21(4-2)11-12)8-13-5-6-14(18)9-16(13)17/h5-6,9-11,15,19H,3-4,7-8H2,1-2H3. The van der Waals surface area contributed by atoms with Gasteiger partial charge < -0.3 is 5.32 Å². The van der Waals surface area contributed by atoms with Crippen LogP contribution in [0.5, 0.6) is 0 Å². The molecule has 0 amide bonds. The SMILES string of the molecule is CCNC(Cc1cnn(CC)c1)Cc1ccc(F)cc1Cl. The van der Waals surface area contributed by atoms with Crippen molar-refractivity contribution in [3.8, 4) is 0 Å². The number of likely N-dealkylation sites (N-methyl/N-ethyl adjacent to an activating group) is 1. The lowest BCUT2D eigenvalue weighted by Gasteiger charge is -2.18. The molecule has 2 aromatic rings. The summed E-state index contributed by atoms with van der Waals surface area (Å²) in [5.74, 6) is -0.298. The lowest BCUT2D eigenvalue weighted by molar-refractivity contribution is 0.520. The Morgan fingerprint density at radius 2 is 2.14 bits per heavy atom. The van der Waals surface area contributed by atoms with Gasteiger partial charge in [0.2, 0.25) is 0 Å². The van der Waals surface area contributed by atoms with E-state index in [1.165, 1.54) is 17.7 Å². The minimum absolute atomic E-state index is 0.257. The zero-order valence-electron chi connectivity index (χ0n) is 12.4. The summed E-state index contributed by atoms with van der Waals surface area (Å²) in [6, 6.07) is 4.85. The largest absolute Gasteiger partial charge is 0.314 e. The van der Waals surface area contributed by atoms with Crippen LogP contribution in [0, 0.1) is 5.82 Å². The van der Waals surface area contributed by atoms with Gasteiger partial charge in [0, 0.05) is 23.8 Å². The van der Waals surface area contributed by atoms with Gasteiger partial charge in [-0.2, -0.15) is 5.10 Å². The molecule has 1 atom stereocenters. The fourth-order valence-corrected chi connectivity index (χ4v) is 2.67. The van der Waals surface area contributed by atoms with E-state index in [4.69, 9.17) is 11.6 Å². The van der Waals surface area contributed by atoms with Gasteiger partial charge in [-0.05, 0) is 49.6 Å². The van der Waals surface area contributed by atoms with Crippen molar-refractivity contribution in [2.24, 2.45) is 0 Å². The highest BCUT2D eigenvalue weighted by Crippen LogP contribution is 2.20. The second kappa shape index (κ2) is 7.57. The molecule has 0 aliphatic heterocycles. The highest BCUT2D eigenvalue weighted by molar-refractivity contribution is 6.31. The third kappa shape index (κ3) is 4.55. The van der Waals surface area contributed by atoms with Crippen LogP contribution in [0.2, 0.25) is 5.02 Å². The third-order valence-electron chi connectivity index (χ3n) is 3.47. The summed E-state index contributed by atoms with van der Waals surface area (Å²) in [5, 5.41) is 8.24. The van der Waals surface area contributed by atoms with Crippen molar-refractivity contribution in [3.05, 3.63) is 52.6 Å². The minimum Gasteiger partial charge on any atom is -0.314 e. The van der Waals surface area contributed by atoms with Crippen LogP contribution in [-0.2, 0) is 19.4 Å². The number of halogens is 2. The van der Waals surface area contributed by atoms with Crippen molar-refractivity contribution in [3.63, 3.8) is 0 Å². The molecule has 21 heavy (non-hydrogen) atoms. The predicted octanol–water partition coefficient (Wildman–Crippen LogP) is 3.46. The Hall–Kier alpha value is -1.39. The summed E-state index contributed by atoms with van der Waals surface area (Å²) in [6.45, 7) is 5.90. The van der Waals surface area contributed by atoms with E-state index in [9.17, 15) is 4.39 Å². The van der Waals surface area contributed by atoms with E-state index in [2.05, 4.69) is 30.5 Å². The topological polar surface area (TPSA) is 29.9 Å².